The molecule has 1 atom stereocenters. The maximum absolute atomic E-state index is 6.84. The van der Waals surface area contributed by atoms with Crippen LogP contribution in [0.2, 0.25) is 0 Å². The Morgan fingerprint density at radius 2 is 1.42 bits per heavy atom. The van der Waals surface area contributed by atoms with Crippen LogP contribution in [0.25, 0.3) is 22.3 Å². The number of fused-ring (bicyclic) bond motifs is 6. The Bertz CT molecular complexity index is 2870. The van der Waals surface area contributed by atoms with Gasteiger partial charge in [-0.25, -0.2) is 0 Å². The molecule has 334 valence electrons. The molecule has 4 aliphatic rings. The van der Waals surface area contributed by atoms with Gasteiger partial charge in [0.05, 0.1) is 5.41 Å². The van der Waals surface area contributed by atoms with Crippen molar-refractivity contribution in [1.82, 2.24) is 0 Å². The van der Waals surface area contributed by atoms with Gasteiger partial charge in [-0.2, -0.15) is 0 Å². The molecule has 0 spiro atoms. The fourth-order valence-corrected chi connectivity index (χ4v) is 8.94. The molecular formula is C64H61NO2. The predicted molar refractivity (Wildman–Crippen MR) is 285 cm³/mol. The van der Waals surface area contributed by atoms with Crippen molar-refractivity contribution >= 4 is 6.21 Å². The van der Waals surface area contributed by atoms with Crippen LogP contribution in [0.4, 0.5) is 0 Å². The van der Waals surface area contributed by atoms with Crippen LogP contribution in [0.5, 0.6) is 23.0 Å². The topological polar surface area (TPSA) is 42.3 Å². The highest BCUT2D eigenvalue weighted by Crippen LogP contribution is 2.62. The van der Waals surface area contributed by atoms with E-state index in [-0.39, 0.29) is 0 Å². The third kappa shape index (κ3) is 10.9. The normalized spacial score (nSPS) is 16.2. The van der Waals surface area contributed by atoms with Gasteiger partial charge in [0.2, 0.25) is 0 Å². The Morgan fingerprint density at radius 1 is 0.701 bits per heavy atom. The van der Waals surface area contributed by atoms with Gasteiger partial charge in [-0.15, -0.1) is 13.2 Å². The molecule has 0 fully saturated rings. The van der Waals surface area contributed by atoms with Crippen LogP contribution in [0.15, 0.2) is 249 Å². The van der Waals surface area contributed by atoms with Crippen LogP contribution in [0, 0.1) is 5.41 Å². The first-order valence-corrected chi connectivity index (χ1v) is 23.4. The first kappa shape index (κ1) is 47.2. The molecule has 3 heteroatoms. The number of rotatable bonds is 10. The van der Waals surface area contributed by atoms with Crippen molar-refractivity contribution in [3.63, 3.8) is 0 Å². The summed E-state index contributed by atoms with van der Waals surface area (Å²) in [5.41, 5.74) is 13.9. The van der Waals surface area contributed by atoms with E-state index in [4.69, 9.17) is 14.9 Å². The molecule has 0 bridgehead atoms. The SMILES string of the molecule is C=C/C=C(\C=C1\C=CC=CC1)Cc1ccc(-c2ccc3c(c2)Oc2ccc4c(c2O3)-c2ccccc2C4(C2=CCCC=C2)c2ccccc2)cc1.C=CC.C=CCCC.N=Cc1ccccc1. The van der Waals surface area contributed by atoms with E-state index in [1.54, 1.807) is 6.08 Å². The molecule has 0 saturated carbocycles. The summed E-state index contributed by atoms with van der Waals surface area (Å²) >= 11 is 0. The number of unbranched alkanes of at least 4 members (excludes halogenated alkanes) is 1. The molecular weight excluding hydrogens is 815 g/mol. The Kier molecular flexibility index (Phi) is 16.5. The van der Waals surface area contributed by atoms with Crippen molar-refractivity contribution in [2.24, 2.45) is 0 Å². The van der Waals surface area contributed by atoms with Crippen LogP contribution >= 0.6 is 0 Å². The van der Waals surface area contributed by atoms with E-state index in [2.05, 4.69) is 184 Å². The maximum atomic E-state index is 6.84. The predicted octanol–water partition coefficient (Wildman–Crippen LogP) is 17.8. The van der Waals surface area contributed by atoms with Crippen molar-refractivity contribution in [3.8, 4) is 45.3 Å². The third-order valence-corrected chi connectivity index (χ3v) is 11.9. The van der Waals surface area contributed by atoms with Crippen LogP contribution in [0.1, 0.15) is 73.8 Å². The summed E-state index contributed by atoms with van der Waals surface area (Å²) in [5.74, 6) is 2.96. The van der Waals surface area contributed by atoms with Gasteiger partial charge in [0.1, 0.15) is 0 Å². The van der Waals surface area contributed by atoms with Crippen LogP contribution in [-0.4, -0.2) is 6.21 Å². The monoisotopic (exact) mass is 875 g/mol. The molecule has 6 aromatic carbocycles. The molecule has 3 aliphatic carbocycles. The van der Waals surface area contributed by atoms with E-state index in [1.165, 1.54) is 57.2 Å². The van der Waals surface area contributed by atoms with Crippen molar-refractivity contribution in [1.29, 1.82) is 5.41 Å². The summed E-state index contributed by atoms with van der Waals surface area (Å²) in [6.07, 6.45) is 33.1. The van der Waals surface area contributed by atoms with Gasteiger partial charge in [-0.05, 0) is 118 Å². The summed E-state index contributed by atoms with van der Waals surface area (Å²) < 4.78 is 13.5. The molecule has 1 unspecified atom stereocenters. The van der Waals surface area contributed by atoms with Gasteiger partial charge >= 0.3 is 0 Å². The summed E-state index contributed by atoms with van der Waals surface area (Å²) in [5, 5.41) is 6.82. The fourth-order valence-electron chi connectivity index (χ4n) is 8.94. The minimum atomic E-state index is -0.442. The van der Waals surface area contributed by atoms with Crippen molar-refractivity contribution in [2.45, 2.75) is 57.8 Å². The number of allylic oxidation sites excluding steroid dienone is 15. The van der Waals surface area contributed by atoms with E-state index in [9.17, 15) is 0 Å². The number of ether oxygens (including phenoxy) is 2. The zero-order chi connectivity index (χ0) is 46.9. The quantitative estimate of drug-likeness (QED) is 0.0845. The molecule has 67 heavy (non-hydrogen) atoms. The van der Waals surface area contributed by atoms with Gasteiger partial charge in [-0.3, -0.25) is 0 Å². The fraction of sp³-hybridized carbons (Fsp3) is 0.141. The molecule has 0 saturated heterocycles. The molecule has 1 heterocycles. The lowest BCUT2D eigenvalue weighted by Gasteiger charge is -2.36. The Hall–Kier alpha value is -7.75. The van der Waals surface area contributed by atoms with Crippen molar-refractivity contribution in [3.05, 3.63) is 277 Å². The highest BCUT2D eigenvalue weighted by molar-refractivity contribution is 5.92. The largest absolute Gasteiger partial charge is 0.449 e. The second kappa shape index (κ2) is 23.4. The minimum Gasteiger partial charge on any atom is -0.449 e. The van der Waals surface area contributed by atoms with Gasteiger partial charge < -0.3 is 14.9 Å². The van der Waals surface area contributed by atoms with Gasteiger partial charge in [0.25, 0.3) is 0 Å². The molecule has 10 rings (SSSR count). The van der Waals surface area contributed by atoms with Gasteiger partial charge in [0.15, 0.2) is 23.0 Å². The highest BCUT2D eigenvalue weighted by atomic mass is 16.6. The molecule has 3 nitrogen and oxygen atoms in total. The number of benzene rings is 6. The maximum Gasteiger partial charge on any atom is 0.178 e. The third-order valence-electron chi connectivity index (χ3n) is 11.9. The minimum absolute atomic E-state index is 0.442. The van der Waals surface area contributed by atoms with E-state index >= 15 is 0 Å². The van der Waals surface area contributed by atoms with Gasteiger partial charge in [0, 0.05) is 11.8 Å². The lowest BCUT2D eigenvalue weighted by Crippen LogP contribution is -2.29. The molecule has 1 N–H and O–H groups in total. The zero-order valence-corrected chi connectivity index (χ0v) is 39.0. The summed E-state index contributed by atoms with van der Waals surface area (Å²) in [4.78, 5) is 0. The van der Waals surface area contributed by atoms with Crippen LogP contribution in [0.3, 0.4) is 0 Å². The Balaban J connectivity index is 0.000000358. The number of nitrogens with one attached hydrogen (secondary N) is 1. The van der Waals surface area contributed by atoms with E-state index in [0.29, 0.717) is 0 Å². The first-order valence-electron chi connectivity index (χ1n) is 23.4. The summed E-state index contributed by atoms with van der Waals surface area (Å²) in [6.45, 7) is 14.9. The zero-order valence-electron chi connectivity index (χ0n) is 39.0. The second-order valence-electron chi connectivity index (χ2n) is 16.6. The first-order chi connectivity index (χ1) is 33.0. The highest BCUT2D eigenvalue weighted by Gasteiger charge is 2.49. The second-order valence-corrected chi connectivity index (χ2v) is 16.6. The van der Waals surface area contributed by atoms with E-state index in [0.717, 1.165) is 77.4 Å². The standard InChI is InChI=1S/C49H38O2.C7H7N.C5H10.C3H6/c1-2-14-36(31-34-15-6-3-7-16-34)32-35-23-25-37(26-24-35)38-27-29-44-46(33-38)50-45-30-28-43-47(48(45)51-44)41-21-12-13-22-42(41)49(43,39-17-8-4-9-18-39)40-19-10-5-11-20-40;8-6-7-4-2-1-3-5-7;1-3-5-4-2;1-3-2/h2-4,6-10,12-15,17-31,33H,1,5,11,16,32H2;1-6,8H;3H,1,4-5H2,2H3;3H,1H2,2H3/b34-31-,36-14+;;;. The van der Waals surface area contributed by atoms with Crippen molar-refractivity contribution in [2.75, 3.05) is 0 Å². The van der Waals surface area contributed by atoms with Crippen LogP contribution in [-0.2, 0) is 11.8 Å². The van der Waals surface area contributed by atoms with E-state index in [1.807, 2.05) is 55.5 Å². The molecule has 0 radical (unpaired) electrons. The average molecular weight is 876 g/mol. The molecule has 0 aromatic heterocycles. The van der Waals surface area contributed by atoms with E-state index < -0.39 is 5.41 Å². The Labute approximate surface area is 399 Å². The lowest BCUT2D eigenvalue weighted by molar-refractivity contribution is 0.360. The van der Waals surface area contributed by atoms with Gasteiger partial charge in [-0.1, -0.05) is 214 Å². The van der Waals surface area contributed by atoms with Crippen LogP contribution < -0.4 is 9.47 Å². The Morgan fingerprint density at radius 3 is 2.06 bits per heavy atom. The lowest BCUT2D eigenvalue weighted by atomic mass is 9.66. The molecule has 1 aliphatic heterocycles. The summed E-state index contributed by atoms with van der Waals surface area (Å²) in [7, 11) is 0. The molecule has 0 amide bonds. The average Bonchev–Trinajstić information content (AvgIpc) is 3.69. The number of hydrogen-bond acceptors (Lipinski definition) is 3. The van der Waals surface area contributed by atoms with Crippen molar-refractivity contribution < 1.29 is 9.47 Å². The summed E-state index contributed by atoms with van der Waals surface area (Å²) in [6, 6.07) is 48.7. The molecule has 6 aromatic rings. The smallest absolute Gasteiger partial charge is 0.178 e. The number of hydrogen-bond donors (Lipinski definition) is 1.